The van der Waals surface area contributed by atoms with Gasteiger partial charge in [0.15, 0.2) is 0 Å². The molecule has 0 aliphatic rings. The Morgan fingerprint density at radius 3 is 2.08 bits per heavy atom. The molecule has 5 heteroatoms. The number of nitrogens with two attached hydrogens (primary N) is 1. The molecule has 0 unspecified atom stereocenters. The van der Waals surface area contributed by atoms with E-state index in [1.165, 1.54) is 6.92 Å². The van der Waals surface area contributed by atoms with Crippen molar-refractivity contribution in [1.29, 1.82) is 0 Å². The first-order valence-electron chi connectivity index (χ1n) is 3.59. The zero-order chi connectivity index (χ0) is 9.02. The topological polar surface area (TPSA) is 72.5 Å². The zero-order valence-corrected chi connectivity index (χ0v) is 8.30. The number of aliphatic hydroxyl groups excluding tert-OH is 1. The third-order valence-electron chi connectivity index (χ3n) is 1.14. The van der Waals surface area contributed by atoms with Crippen molar-refractivity contribution >= 4 is 18.4 Å². The van der Waals surface area contributed by atoms with Gasteiger partial charge in [0.1, 0.15) is 6.04 Å². The second kappa shape index (κ2) is 6.22. The van der Waals surface area contributed by atoms with Gasteiger partial charge in [-0.25, -0.2) is 0 Å². The normalized spacial score (nSPS) is 14.8. The van der Waals surface area contributed by atoms with E-state index >= 15 is 0 Å². The first-order valence-corrected chi connectivity index (χ1v) is 3.59. The van der Waals surface area contributed by atoms with Crippen molar-refractivity contribution in [2.45, 2.75) is 39.0 Å². The molecule has 3 N–H and O–H groups in total. The summed E-state index contributed by atoms with van der Waals surface area (Å²) in [5, 5.41) is 8.88. The summed E-state index contributed by atoms with van der Waals surface area (Å²) in [4.78, 5) is 10.9. The Kier molecular flexibility index (Phi) is 7.37. The third-order valence-corrected chi connectivity index (χ3v) is 1.14. The average molecular weight is 198 g/mol. The maximum atomic E-state index is 10.9. The lowest BCUT2D eigenvalue weighted by atomic mass is 10.2. The maximum Gasteiger partial charge on any atom is 0.325 e. The molecule has 0 aromatic heterocycles. The Morgan fingerprint density at radius 2 is 1.83 bits per heavy atom. The van der Waals surface area contributed by atoms with Gasteiger partial charge in [-0.2, -0.15) is 0 Å². The first-order chi connectivity index (χ1) is 4.95. The fraction of sp³-hybridized carbons (Fsp3) is 0.857. The highest BCUT2D eigenvalue weighted by Gasteiger charge is 2.20. The Bertz CT molecular complexity index is 139. The van der Waals surface area contributed by atoms with Gasteiger partial charge in [0.2, 0.25) is 0 Å². The van der Waals surface area contributed by atoms with E-state index in [-0.39, 0.29) is 18.5 Å². The van der Waals surface area contributed by atoms with Gasteiger partial charge in [-0.05, 0) is 20.8 Å². The molecule has 0 bridgehead atoms. The minimum Gasteiger partial charge on any atom is -0.462 e. The largest absolute Gasteiger partial charge is 0.462 e. The number of hydrogen-bond donors (Lipinski definition) is 2. The van der Waals surface area contributed by atoms with E-state index in [0.29, 0.717) is 0 Å². The number of aliphatic hydroxyl groups is 1. The molecule has 0 amide bonds. The van der Waals surface area contributed by atoms with Crippen molar-refractivity contribution in [3.8, 4) is 0 Å². The third kappa shape index (κ3) is 5.35. The number of carbonyl (C=O) groups is 1. The minimum absolute atomic E-state index is 0. The summed E-state index contributed by atoms with van der Waals surface area (Å²) in [6.45, 7) is 4.91. The number of ether oxygens (including phenoxy) is 1. The molecule has 2 atom stereocenters. The van der Waals surface area contributed by atoms with Crippen LogP contribution < -0.4 is 5.73 Å². The van der Waals surface area contributed by atoms with Gasteiger partial charge < -0.3 is 15.6 Å². The van der Waals surface area contributed by atoms with Gasteiger partial charge in [0.25, 0.3) is 0 Å². The maximum absolute atomic E-state index is 10.9. The monoisotopic (exact) mass is 197 g/mol. The predicted octanol–water partition coefficient (Wildman–Crippen LogP) is 0.0679. The molecule has 0 heterocycles. The van der Waals surface area contributed by atoms with Crippen LogP contribution in [-0.2, 0) is 9.53 Å². The van der Waals surface area contributed by atoms with Crippen LogP contribution >= 0.6 is 12.4 Å². The molecule has 12 heavy (non-hydrogen) atoms. The fourth-order valence-electron chi connectivity index (χ4n) is 0.508. The summed E-state index contributed by atoms with van der Waals surface area (Å²) in [6.07, 6.45) is -1.05. The fourth-order valence-corrected chi connectivity index (χ4v) is 0.508. The smallest absolute Gasteiger partial charge is 0.325 e. The lowest BCUT2D eigenvalue weighted by molar-refractivity contribution is -0.151. The molecule has 0 saturated heterocycles. The summed E-state index contributed by atoms with van der Waals surface area (Å²) in [7, 11) is 0. The van der Waals surface area contributed by atoms with Crippen molar-refractivity contribution in [2.75, 3.05) is 0 Å². The SMILES string of the molecule is CC(C)OC(=O)[C@H](N)[C@@H](C)O.Cl. The lowest BCUT2D eigenvalue weighted by Gasteiger charge is -2.15. The van der Waals surface area contributed by atoms with Crippen molar-refractivity contribution in [3.05, 3.63) is 0 Å². The average Bonchev–Trinajstić information content (AvgIpc) is 1.84. The molecule has 0 aromatic rings. The van der Waals surface area contributed by atoms with Crippen LogP contribution in [0.25, 0.3) is 0 Å². The van der Waals surface area contributed by atoms with Gasteiger partial charge in [0, 0.05) is 0 Å². The Balaban J connectivity index is 0. The molecule has 0 fully saturated rings. The van der Waals surface area contributed by atoms with E-state index in [0.717, 1.165) is 0 Å². The van der Waals surface area contributed by atoms with Crippen molar-refractivity contribution in [3.63, 3.8) is 0 Å². The zero-order valence-electron chi connectivity index (χ0n) is 7.48. The predicted molar refractivity (Wildman–Crippen MR) is 48.1 cm³/mol. The molecule has 0 saturated carbocycles. The van der Waals surface area contributed by atoms with E-state index in [9.17, 15) is 4.79 Å². The Hall–Kier alpha value is -0.320. The number of hydrogen-bond acceptors (Lipinski definition) is 4. The number of carbonyl (C=O) groups excluding carboxylic acids is 1. The second-order valence-corrected chi connectivity index (χ2v) is 2.75. The van der Waals surface area contributed by atoms with Crippen molar-refractivity contribution in [2.24, 2.45) is 5.73 Å². The summed E-state index contributed by atoms with van der Waals surface area (Å²) in [5.41, 5.74) is 5.28. The summed E-state index contributed by atoms with van der Waals surface area (Å²) in [5.74, 6) is -0.560. The number of esters is 1. The van der Waals surface area contributed by atoms with Crippen molar-refractivity contribution in [1.82, 2.24) is 0 Å². The van der Waals surface area contributed by atoms with Crippen LogP contribution in [0.1, 0.15) is 20.8 Å². The van der Waals surface area contributed by atoms with Crippen LogP contribution in [0.15, 0.2) is 0 Å². The number of rotatable bonds is 3. The molecular weight excluding hydrogens is 182 g/mol. The van der Waals surface area contributed by atoms with Crippen LogP contribution in [0.4, 0.5) is 0 Å². The highest BCUT2D eigenvalue weighted by Crippen LogP contribution is 1.96. The lowest BCUT2D eigenvalue weighted by Crippen LogP contribution is -2.42. The van der Waals surface area contributed by atoms with Gasteiger partial charge >= 0.3 is 5.97 Å². The van der Waals surface area contributed by atoms with Gasteiger partial charge in [0.05, 0.1) is 12.2 Å². The van der Waals surface area contributed by atoms with E-state index in [4.69, 9.17) is 15.6 Å². The Morgan fingerprint density at radius 1 is 1.42 bits per heavy atom. The van der Waals surface area contributed by atoms with Gasteiger partial charge in [-0.1, -0.05) is 0 Å². The highest BCUT2D eigenvalue weighted by molar-refractivity contribution is 5.85. The molecule has 0 aliphatic heterocycles. The van der Waals surface area contributed by atoms with Crippen LogP contribution in [0.2, 0.25) is 0 Å². The molecule has 0 rings (SSSR count). The molecule has 74 valence electrons. The van der Waals surface area contributed by atoms with E-state index in [2.05, 4.69) is 0 Å². The van der Waals surface area contributed by atoms with Crippen molar-refractivity contribution < 1.29 is 14.6 Å². The van der Waals surface area contributed by atoms with Crippen LogP contribution in [0.5, 0.6) is 0 Å². The molecular formula is C7H16ClNO3. The van der Waals surface area contributed by atoms with Crippen LogP contribution in [0.3, 0.4) is 0 Å². The summed E-state index contributed by atoms with van der Waals surface area (Å²) in [6, 6.07) is -0.933. The molecule has 0 aromatic carbocycles. The molecule has 0 radical (unpaired) electrons. The van der Waals surface area contributed by atoms with Gasteiger partial charge in [-0.15, -0.1) is 12.4 Å². The Labute approximate surface area is 78.5 Å². The molecule has 0 spiro atoms. The second-order valence-electron chi connectivity index (χ2n) is 2.75. The molecule has 4 nitrogen and oxygen atoms in total. The quantitative estimate of drug-likeness (QED) is 0.628. The molecule has 0 aliphatic carbocycles. The number of halogens is 1. The van der Waals surface area contributed by atoms with E-state index in [1.54, 1.807) is 13.8 Å². The summed E-state index contributed by atoms with van der Waals surface area (Å²) >= 11 is 0. The first kappa shape index (κ1) is 14.2. The van der Waals surface area contributed by atoms with E-state index in [1.807, 2.05) is 0 Å². The highest BCUT2D eigenvalue weighted by atomic mass is 35.5. The minimum atomic E-state index is -0.933. The van der Waals surface area contributed by atoms with Gasteiger partial charge in [-0.3, -0.25) is 4.79 Å². The van der Waals surface area contributed by atoms with Crippen LogP contribution in [-0.4, -0.2) is 29.3 Å². The standard InChI is InChI=1S/C7H15NO3.ClH/c1-4(2)11-7(10)6(8)5(3)9;/h4-6,9H,8H2,1-3H3;1H/t5-,6-;/m1./s1. The van der Waals surface area contributed by atoms with Crippen LogP contribution in [0, 0.1) is 0 Å². The van der Waals surface area contributed by atoms with E-state index < -0.39 is 18.1 Å². The summed E-state index contributed by atoms with van der Waals surface area (Å²) < 4.78 is 4.75.